The first-order valence-corrected chi connectivity index (χ1v) is 6.59. The largest absolute Gasteiger partial charge is 0.364 e. The van der Waals surface area contributed by atoms with Gasteiger partial charge in [-0.05, 0) is 12.7 Å². The Bertz CT molecular complexity index is 376. The maximum atomic E-state index is 13.5. The summed E-state index contributed by atoms with van der Waals surface area (Å²) in [6, 6.07) is 0.846. The summed E-state index contributed by atoms with van der Waals surface area (Å²) in [4.78, 5) is 3.75. The summed E-state index contributed by atoms with van der Waals surface area (Å²) in [5, 5.41) is 2.93. The van der Waals surface area contributed by atoms with E-state index in [-0.39, 0.29) is 17.7 Å². The third-order valence-corrected chi connectivity index (χ3v) is 3.00. The van der Waals surface area contributed by atoms with Crippen molar-refractivity contribution in [2.45, 2.75) is 19.4 Å². The predicted molar refractivity (Wildman–Crippen MR) is 68.0 cm³/mol. The lowest BCUT2D eigenvalue weighted by molar-refractivity contribution is 0.575. The first-order valence-electron chi connectivity index (χ1n) is 5.20. The quantitative estimate of drug-likeness (QED) is 0.542. The van der Waals surface area contributed by atoms with E-state index in [9.17, 15) is 8.78 Å². The van der Waals surface area contributed by atoms with E-state index in [2.05, 4.69) is 15.7 Å². The number of aromatic nitrogens is 1. The van der Waals surface area contributed by atoms with Crippen LogP contribution in [0.15, 0.2) is 6.07 Å². The van der Waals surface area contributed by atoms with Crippen LogP contribution in [0.25, 0.3) is 0 Å². The summed E-state index contributed by atoms with van der Waals surface area (Å²) in [5.41, 5.74) is 2.09. The average Bonchev–Trinajstić information content (AvgIpc) is 2.31. The van der Waals surface area contributed by atoms with Crippen LogP contribution in [0.4, 0.5) is 20.4 Å². The summed E-state index contributed by atoms with van der Waals surface area (Å²) in [7, 11) is 0. The van der Waals surface area contributed by atoms with E-state index in [4.69, 9.17) is 5.84 Å². The SMILES string of the molecule is CCC(CSC)Nc1nc(NN)c(F)cc1F. The van der Waals surface area contributed by atoms with Crippen LogP contribution in [0.5, 0.6) is 0 Å². The molecule has 0 radical (unpaired) electrons. The van der Waals surface area contributed by atoms with Gasteiger partial charge in [0.2, 0.25) is 0 Å². The second-order valence-electron chi connectivity index (χ2n) is 3.50. The molecule has 0 saturated heterocycles. The number of rotatable bonds is 6. The third kappa shape index (κ3) is 3.71. The summed E-state index contributed by atoms with van der Waals surface area (Å²) in [6.45, 7) is 1.98. The van der Waals surface area contributed by atoms with Gasteiger partial charge in [-0.3, -0.25) is 0 Å². The summed E-state index contributed by atoms with van der Waals surface area (Å²) in [5.74, 6) is 4.21. The van der Waals surface area contributed by atoms with Gasteiger partial charge in [-0.2, -0.15) is 11.8 Å². The minimum absolute atomic E-state index is 0.0141. The Labute approximate surface area is 103 Å². The van der Waals surface area contributed by atoms with Gasteiger partial charge in [0.15, 0.2) is 23.3 Å². The van der Waals surface area contributed by atoms with Crippen molar-refractivity contribution >= 4 is 23.4 Å². The highest BCUT2D eigenvalue weighted by atomic mass is 32.2. The lowest BCUT2D eigenvalue weighted by Gasteiger charge is -2.17. The molecule has 0 aromatic carbocycles. The Morgan fingerprint density at radius 1 is 1.41 bits per heavy atom. The lowest BCUT2D eigenvalue weighted by atomic mass is 10.2. The second-order valence-corrected chi connectivity index (χ2v) is 4.41. The van der Waals surface area contributed by atoms with Gasteiger partial charge in [-0.15, -0.1) is 0 Å². The van der Waals surface area contributed by atoms with Gasteiger partial charge < -0.3 is 10.7 Å². The van der Waals surface area contributed by atoms with Crippen LogP contribution < -0.4 is 16.6 Å². The molecule has 0 bridgehead atoms. The van der Waals surface area contributed by atoms with Crippen molar-refractivity contribution in [2.75, 3.05) is 22.8 Å². The molecule has 0 spiro atoms. The Balaban J connectivity index is 2.89. The van der Waals surface area contributed by atoms with Gasteiger partial charge in [0.05, 0.1) is 0 Å². The number of nitrogens with two attached hydrogens (primary N) is 1. The van der Waals surface area contributed by atoms with E-state index in [1.165, 1.54) is 0 Å². The van der Waals surface area contributed by atoms with Crippen LogP contribution in [0.2, 0.25) is 0 Å². The molecule has 0 amide bonds. The van der Waals surface area contributed by atoms with Crippen LogP contribution in [0.1, 0.15) is 13.3 Å². The molecule has 1 atom stereocenters. The van der Waals surface area contributed by atoms with Crippen molar-refractivity contribution < 1.29 is 8.78 Å². The number of hydrazine groups is 1. The molecule has 4 N–H and O–H groups in total. The summed E-state index contributed by atoms with van der Waals surface area (Å²) < 4.78 is 26.6. The second kappa shape index (κ2) is 6.61. The number of hydrogen-bond donors (Lipinski definition) is 3. The molecule has 0 fully saturated rings. The number of nitrogen functional groups attached to an aromatic ring is 1. The van der Waals surface area contributed by atoms with E-state index < -0.39 is 11.6 Å². The molecule has 0 aliphatic carbocycles. The monoisotopic (exact) mass is 262 g/mol. The molecule has 1 aromatic rings. The number of nitrogens with one attached hydrogen (secondary N) is 2. The first kappa shape index (κ1) is 14.0. The van der Waals surface area contributed by atoms with Crippen molar-refractivity contribution in [1.29, 1.82) is 0 Å². The van der Waals surface area contributed by atoms with Crippen LogP contribution in [-0.4, -0.2) is 23.0 Å². The molecule has 0 aliphatic heterocycles. The molecule has 1 unspecified atom stereocenters. The Morgan fingerprint density at radius 3 is 2.59 bits per heavy atom. The molecule has 0 saturated carbocycles. The zero-order valence-electron chi connectivity index (χ0n) is 9.76. The minimum atomic E-state index is -0.812. The highest BCUT2D eigenvalue weighted by Gasteiger charge is 2.14. The maximum absolute atomic E-state index is 13.5. The van der Waals surface area contributed by atoms with Crippen molar-refractivity contribution in [3.05, 3.63) is 17.7 Å². The smallest absolute Gasteiger partial charge is 0.178 e. The minimum Gasteiger partial charge on any atom is -0.364 e. The fraction of sp³-hybridized carbons (Fsp3) is 0.500. The van der Waals surface area contributed by atoms with Gasteiger partial charge in [-0.25, -0.2) is 19.6 Å². The van der Waals surface area contributed by atoms with Gasteiger partial charge in [-0.1, -0.05) is 6.92 Å². The fourth-order valence-electron chi connectivity index (χ4n) is 1.33. The summed E-state index contributed by atoms with van der Waals surface area (Å²) in [6.07, 6.45) is 2.79. The molecule has 96 valence electrons. The molecule has 0 aliphatic rings. The molecule has 17 heavy (non-hydrogen) atoms. The van der Waals surface area contributed by atoms with E-state index in [0.717, 1.165) is 18.2 Å². The van der Waals surface area contributed by atoms with Gasteiger partial charge in [0.1, 0.15) is 0 Å². The van der Waals surface area contributed by atoms with Gasteiger partial charge in [0, 0.05) is 17.9 Å². The van der Waals surface area contributed by atoms with E-state index in [1.807, 2.05) is 13.2 Å². The Hall–Kier alpha value is -1.08. The Kier molecular flexibility index (Phi) is 5.43. The number of pyridine rings is 1. The van der Waals surface area contributed by atoms with Crippen molar-refractivity contribution in [3.63, 3.8) is 0 Å². The Morgan fingerprint density at radius 2 is 2.06 bits per heavy atom. The number of anilines is 2. The van der Waals surface area contributed by atoms with Crippen LogP contribution in [0.3, 0.4) is 0 Å². The van der Waals surface area contributed by atoms with Crippen LogP contribution in [-0.2, 0) is 0 Å². The molecular weight excluding hydrogens is 246 g/mol. The molecule has 1 rings (SSSR count). The lowest BCUT2D eigenvalue weighted by Crippen LogP contribution is -2.23. The number of nitrogens with zero attached hydrogens (tertiary/aromatic N) is 1. The molecule has 7 heteroatoms. The normalized spacial score (nSPS) is 12.3. The molecule has 1 heterocycles. The van der Waals surface area contributed by atoms with Crippen LogP contribution >= 0.6 is 11.8 Å². The van der Waals surface area contributed by atoms with E-state index in [0.29, 0.717) is 0 Å². The van der Waals surface area contributed by atoms with Gasteiger partial charge >= 0.3 is 0 Å². The van der Waals surface area contributed by atoms with Gasteiger partial charge in [0.25, 0.3) is 0 Å². The van der Waals surface area contributed by atoms with Crippen LogP contribution in [0, 0.1) is 11.6 Å². The molecule has 4 nitrogen and oxygen atoms in total. The zero-order valence-corrected chi connectivity index (χ0v) is 10.6. The van der Waals surface area contributed by atoms with E-state index >= 15 is 0 Å². The topological polar surface area (TPSA) is 63.0 Å². The van der Waals surface area contributed by atoms with Crippen molar-refractivity contribution in [3.8, 4) is 0 Å². The predicted octanol–water partition coefficient (Wildman–Crippen LogP) is 2.20. The summed E-state index contributed by atoms with van der Waals surface area (Å²) >= 11 is 1.65. The van der Waals surface area contributed by atoms with E-state index in [1.54, 1.807) is 11.8 Å². The number of hydrogen-bond acceptors (Lipinski definition) is 5. The maximum Gasteiger partial charge on any atom is 0.178 e. The van der Waals surface area contributed by atoms with Crippen molar-refractivity contribution in [1.82, 2.24) is 4.98 Å². The highest BCUT2D eigenvalue weighted by molar-refractivity contribution is 7.98. The highest BCUT2D eigenvalue weighted by Crippen LogP contribution is 2.20. The third-order valence-electron chi connectivity index (χ3n) is 2.27. The fourth-order valence-corrected chi connectivity index (χ4v) is 2.05. The number of halogens is 2. The zero-order chi connectivity index (χ0) is 12.8. The standard InChI is InChI=1S/C10H16F2N4S/c1-3-6(5-17-2)14-9-7(11)4-8(12)10(15-9)16-13/h4,6H,3,5,13H2,1-2H3,(H2,14,15,16). The molecule has 1 aromatic heterocycles. The average molecular weight is 262 g/mol. The number of thioether (sulfide) groups is 1. The molecular formula is C10H16F2N4S. The first-order chi connectivity index (χ1) is 8.12. The van der Waals surface area contributed by atoms with Crippen molar-refractivity contribution in [2.24, 2.45) is 5.84 Å².